The summed E-state index contributed by atoms with van der Waals surface area (Å²) >= 11 is 0. The van der Waals surface area contributed by atoms with E-state index in [2.05, 4.69) is 54.6 Å². The summed E-state index contributed by atoms with van der Waals surface area (Å²) in [5.41, 5.74) is 10.5. The normalized spacial score (nSPS) is 28.1. The summed E-state index contributed by atoms with van der Waals surface area (Å²) in [4.78, 5) is 25.6. The van der Waals surface area contributed by atoms with Crippen molar-refractivity contribution in [3.63, 3.8) is 0 Å². The van der Waals surface area contributed by atoms with E-state index >= 15 is 0 Å². The van der Waals surface area contributed by atoms with E-state index in [-0.39, 0.29) is 29.3 Å². The molecule has 1 unspecified atom stereocenters. The van der Waals surface area contributed by atoms with Gasteiger partial charge in [0.1, 0.15) is 0 Å². The highest BCUT2D eigenvalue weighted by Crippen LogP contribution is 2.64. The van der Waals surface area contributed by atoms with Crippen LogP contribution in [0.3, 0.4) is 0 Å². The molecule has 2 aromatic carbocycles. The Morgan fingerprint density at radius 3 is 1.89 bits per heavy atom. The minimum absolute atomic E-state index is 0.0137. The molecule has 7 aliphatic carbocycles. The number of carbonyl (C=O) groups excluding carboxylic acids is 2. The molecule has 0 fully saturated rings. The van der Waals surface area contributed by atoms with Crippen LogP contribution in [0.4, 0.5) is 0 Å². The van der Waals surface area contributed by atoms with Crippen molar-refractivity contribution in [2.45, 2.75) is 18.3 Å². The molecular weight excluding hydrogens is 344 g/mol. The van der Waals surface area contributed by atoms with Gasteiger partial charge in [-0.3, -0.25) is 9.59 Å². The highest BCUT2D eigenvalue weighted by atomic mass is 16.1. The smallest absolute Gasteiger partial charge is 0.187 e. The number of benzene rings is 2. The van der Waals surface area contributed by atoms with Gasteiger partial charge >= 0.3 is 0 Å². The molecule has 0 N–H and O–H groups in total. The molecular formula is C26H16O2. The van der Waals surface area contributed by atoms with Crippen molar-refractivity contribution >= 4 is 11.6 Å². The van der Waals surface area contributed by atoms with Gasteiger partial charge in [-0.25, -0.2) is 0 Å². The standard InChI is InChI=1S/C26H16O2/c27-19-11-12-20(28)24-18-10-9-17(23(19)24)25-21-13-5-1-2-6-14(13)22(26(18)25)16-8-4-3-7-15(16)21/h1-9,11-12,18,21-22H,10H2. The van der Waals surface area contributed by atoms with E-state index in [1.807, 2.05) is 0 Å². The van der Waals surface area contributed by atoms with Gasteiger partial charge in [-0.15, -0.1) is 0 Å². The zero-order valence-electron chi connectivity index (χ0n) is 15.1. The van der Waals surface area contributed by atoms with Crippen molar-refractivity contribution in [2.24, 2.45) is 5.92 Å². The van der Waals surface area contributed by atoms with E-state index in [0.29, 0.717) is 5.57 Å². The molecule has 4 bridgehead atoms. The number of rotatable bonds is 0. The van der Waals surface area contributed by atoms with Gasteiger partial charge in [0.05, 0.1) is 0 Å². The number of hydrogen-bond donors (Lipinski definition) is 0. The first-order chi connectivity index (χ1) is 13.8. The van der Waals surface area contributed by atoms with E-state index in [4.69, 9.17) is 0 Å². The highest BCUT2D eigenvalue weighted by Gasteiger charge is 2.52. The lowest BCUT2D eigenvalue weighted by molar-refractivity contribution is -0.115. The molecule has 2 heteroatoms. The second-order valence-corrected chi connectivity index (χ2v) is 8.25. The molecule has 0 spiro atoms. The molecule has 132 valence electrons. The summed E-state index contributed by atoms with van der Waals surface area (Å²) in [6, 6.07) is 17.4. The van der Waals surface area contributed by atoms with Crippen LogP contribution in [0, 0.1) is 5.92 Å². The average Bonchev–Trinajstić information content (AvgIpc) is 2.76. The van der Waals surface area contributed by atoms with E-state index in [1.54, 1.807) is 0 Å². The third kappa shape index (κ3) is 1.50. The molecule has 0 aromatic heterocycles. The summed E-state index contributed by atoms with van der Waals surface area (Å²) in [7, 11) is 0. The van der Waals surface area contributed by atoms with E-state index in [1.165, 1.54) is 45.6 Å². The summed E-state index contributed by atoms with van der Waals surface area (Å²) in [5, 5.41) is 0. The Morgan fingerprint density at radius 2 is 1.25 bits per heavy atom. The number of fused-ring (bicyclic) bond motifs is 1. The third-order valence-electron chi connectivity index (χ3n) is 7.16. The predicted octanol–water partition coefficient (Wildman–Crippen LogP) is 4.54. The Kier molecular flexibility index (Phi) is 2.51. The molecule has 9 rings (SSSR count). The van der Waals surface area contributed by atoms with Crippen LogP contribution in [0.25, 0.3) is 0 Å². The molecule has 2 aromatic rings. The minimum Gasteiger partial charge on any atom is -0.290 e. The number of carbonyl (C=O) groups is 2. The van der Waals surface area contributed by atoms with Crippen LogP contribution in [-0.4, -0.2) is 11.6 Å². The zero-order valence-corrected chi connectivity index (χ0v) is 15.1. The minimum atomic E-state index is -0.0138. The number of hydrogen-bond acceptors (Lipinski definition) is 2. The Balaban J connectivity index is 1.56. The van der Waals surface area contributed by atoms with Gasteiger partial charge < -0.3 is 0 Å². The first-order valence-corrected chi connectivity index (χ1v) is 9.89. The van der Waals surface area contributed by atoms with Crippen molar-refractivity contribution in [3.8, 4) is 0 Å². The fraction of sp³-hybridized carbons (Fsp3) is 0.154. The second kappa shape index (κ2) is 4.77. The maximum atomic E-state index is 12.8. The lowest BCUT2D eigenvalue weighted by Gasteiger charge is -2.51. The van der Waals surface area contributed by atoms with E-state index in [9.17, 15) is 9.59 Å². The number of allylic oxidation sites excluding steroid dienone is 8. The first kappa shape index (κ1) is 14.8. The average molecular weight is 360 g/mol. The summed E-state index contributed by atoms with van der Waals surface area (Å²) in [6.07, 6.45) is 5.95. The van der Waals surface area contributed by atoms with Gasteiger partial charge in [-0.2, -0.15) is 0 Å². The van der Waals surface area contributed by atoms with Gasteiger partial charge in [0, 0.05) is 28.9 Å². The lowest BCUT2D eigenvalue weighted by atomic mass is 9.51. The van der Waals surface area contributed by atoms with Crippen LogP contribution in [0.1, 0.15) is 40.5 Å². The summed E-state index contributed by atoms with van der Waals surface area (Å²) in [6.45, 7) is 0. The molecule has 0 aliphatic heterocycles. The monoisotopic (exact) mass is 360 g/mol. The Hall–Kier alpha value is -3.26. The highest BCUT2D eigenvalue weighted by molar-refractivity contribution is 6.24. The third-order valence-corrected chi connectivity index (χ3v) is 7.16. The Bertz CT molecular complexity index is 1230. The molecule has 2 nitrogen and oxygen atoms in total. The van der Waals surface area contributed by atoms with Gasteiger partial charge in [-0.05, 0) is 57.5 Å². The SMILES string of the molecule is O=C1C=CC(=O)C2=C1C1=CCC2C2=C1C1c3ccccc3C2c2ccccc21. The topological polar surface area (TPSA) is 34.1 Å². The van der Waals surface area contributed by atoms with Gasteiger partial charge in [0.15, 0.2) is 11.6 Å². The second-order valence-electron chi connectivity index (χ2n) is 8.25. The number of ketones is 2. The predicted molar refractivity (Wildman–Crippen MR) is 106 cm³/mol. The van der Waals surface area contributed by atoms with Crippen LogP contribution in [-0.2, 0) is 9.59 Å². The van der Waals surface area contributed by atoms with Gasteiger partial charge in [-0.1, -0.05) is 54.6 Å². The van der Waals surface area contributed by atoms with Gasteiger partial charge in [0.25, 0.3) is 0 Å². The van der Waals surface area contributed by atoms with Crippen LogP contribution >= 0.6 is 0 Å². The molecule has 0 saturated carbocycles. The Labute approximate surface area is 162 Å². The van der Waals surface area contributed by atoms with Crippen molar-refractivity contribution in [1.82, 2.24) is 0 Å². The van der Waals surface area contributed by atoms with Crippen molar-refractivity contribution < 1.29 is 9.59 Å². The maximum Gasteiger partial charge on any atom is 0.187 e. The molecule has 0 saturated heterocycles. The zero-order chi connectivity index (χ0) is 18.6. The fourth-order valence-electron chi connectivity index (χ4n) is 6.26. The molecule has 7 aliphatic rings. The van der Waals surface area contributed by atoms with Crippen LogP contribution in [0.2, 0.25) is 0 Å². The lowest BCUT2D eigenvalue weighted by Crippen LogP contribution is -2.40. The molecule has 0 amide bonds. The van der Waals surface area contributed by atoms with Gasteiger partial charge in [0.2, 0.25) is 0 Å². The Morgan fingerprint density at radius 1 is 0.679 bits per heavy atom. The largest absolute Gasteiger partial charge is 0.290 e. The van der Waals surface area contributed by atoms with Crippen molar-refractivity contribution in [2.75, 3.05) is 0 Å². The van der Waals surface area contributed by atoms with Crippen molar-refractivity contribution in [3.05, 3.63) is 117 Å². The van der Waals surface area contributed by atoms with E-state index < -0.39 is 0 Å². The first-order valence-electron chi connectivity index (χ1n) is 9.89. The van der Waals surface area contributed by atoms with Crippen LogP contribution in [0.5, 0.6) is 0 Å². The van der Waals surface area contributed by atoms with Crippen molar-refractivity contribution in [1.29, 1.82) is 0 Å². The van der Waals surface area contributed by atoms with E-state index in [0.717, 1.165) is 17.6 Å². The molecule has 1 atom stereocenters. The van der Waals surface area contributed by atoms with Crippen LogP contribution in [0.15, 0.2) is 94.6 Å². The quantitative estimate of drug-likeness (QED) is 0.647. The summed E-state index contributed by atoms with van der Waals surface area (Å²) < 4.78 is 0. The maximum absolute atomic E-state index is 12.8. The molecule has 0 heterocycles. The van der Waals surface area contributed by atoms with Crippen LogP contribution < -0.4 is 0 Å². The summed E-state index contributed by atoms with van der Waals surface area (Å²) in [5.74, 6) is 0.367. The molecule has 0 radical (unpaired) electrons. The molecule has 28 heavy (non-hydrogen) atoms. The fourth-order valence-corrected chi connectivity index (χ4v) is 6.26.